The van der Waals surface area contributed by atoms with Gasteiger partial charge in [-0.2, -0.15) is 23.1 Å². The van der Waals surface area contributed by atoms with Gasteiger partial charge in [0.05, 0.1) is 5.60 Å². The summed E-state index contributed by atoms with van der Waals surface area (Å²) in [7, 11) is 0. The number of nitrogens with one attached hydrogen (secondary N) is 1. The SMILES string of the molecule is CC(Cc1ccsc1)NCC1(O)CCSCC1. The van der Waals surface area contributed by atoms with Gasteiger partial charge in [0.25, 0.3) is 0 Å². The molecule has 2 nitrogen and oxygen atoms in total. The van der Waals surface area contributed by atoms with Gasteiger partial charge >= 0.3 is 0 Å². The average Bonchev–Trinajstić information content (AvgIpc) is 2.80. The number of rotatable bonds is 5. The monoisotopic (exact) mass is 271 g/mol. The Morgan fingerprint density at radius 2 is 2.24 bits per heavy atom. The van der Waals surface area contributed by atoms with E-state index < -0.39 is 5.60 Å². The van der Waals surface area contributed by atoms with Crippen LogP contribution in [0.2, 0.25) is 0 Å². The van der Waals surface area contributed by atoms with Crippen LogP contribution in [-0.4, -0.2) is 34.8 Å². The molecule has 1 fully saturated rings. The summed E-state index contributed by atoms with van der Waals surface area (Å²) in [4.78, 5) is 0. The first kappa shape index (κ1) is 13.4. The molecular formula is C13H21NOS2. The van der Waals surface area contributed by atoms with Crippen molar-refractivity contribution in [1.29, 1.82) is 0 Å². The summed E-state index contributed by atoms with van der Waals surface area (Å²) in [5, 5.41) is 18.2. The van der Waals surface area contributed by atoms with Gasteiger partial charge < -0.3 is 10.4 Å². The summed E-state index contributed by atoms with van der Waals surface area (Å²) in [6.45, 7) is 2.93. The molecule has 0 amide bonds. The number of thioether (sulfide) groups is 1. The molecule has 2 rings (SSSR count). The van der Waals surface area contributed by atoms with Gasteiger partial charge in [-0.15, -0.1) is 0 Å². The molecule has 0 bridgehead atoms. The first-order valence-corrected chi connectivity index (χ1v) is 8.32. The van der Waals surface area contributed by atoms with Gasteiger partial charge in [-0.1, -0.05) is 0 Å². The lowest BCUT2D eigenvalue weighted by Crippen LogP contribution is -2.46. The minimum Gasteiger partial charge on any atom is -0.389 e. The van der Waals surface area contributed by atoms with Gasteiger partial charge in [0.1, 0.15) is 0 Å². The highest BCUT2D eigenvalue weighted by molar-refractivity contribution is 7.99. The summed E-state index contributed by atoms with van der Waals surface area (Å²) in [6, 6.07) is 2.61. The highest BCUT2D eigenvalue weighted by atomic mass is 32.2. The van der Waals surface area contributed by atoms with Crippen molar-refractivity contribution in [3.63, 3.8) is 0 Å². The van der Waals surface area contributed by atoms with E-state index in [1.165, 1.54) is 5.56 Å². The van der Waals surface area contributed by atoms with E-state index in [0.717, 1.165) is 37.3 Å². The third-order valence-electron chi connectivity index (χ3n) is 3.33. The van der Waals surface area contributed by atoms with Crippen molar-refractivity contribution in [1.82, 2.24) is 5.32 Å². The number of thiophene rings is 1. The molecule has 2 heterocycles. The maximum atomic E-state index is 10.4. The predicted octanol–water partition coefficient (Wildman–Crippen LogP) is 2.53. The normalized spacial score (nSPS) is 21.3. The first-order chi connectivity index (χ1) is 8.18. The molecule has 1 saturated heterocycles. The van der Waals surface area contributed by atoms with Crippen molar-refractivity contribution in [3.8, 4) is 0 Å². The van der Waals surface area contributed by atoms with Crippen LogP contribution < -0.4 is 5.32 Å². The third-order valence-corrected chi connectivity index (χ3v) is 5.04. The van der Waals surface area contributed by atoms with Crippen LogP contribution in [-0.2, 0) is 6.42 Å². The maximum Gasteiger partial charge on any atom is 0.0787 e. The summed E-state index contributed by atoms with van der Waals surface area (Å²) in [6.07, 6.45) is 2.90. The Bertz CT molecular complexity index is 320. The first-order valence-electron chi connectivity index (χ1n) is 6.23. The highest BCUT2D eigenvalue weighted by Crippen LogP contribution is 2.26. The molecule has 0 spiro atoms. The Balaban J connectivity index is 1.73. The Hall–Kier alpha value is -0.0300. The molecule has 1 atom stereocenters. The van der Waals surface area contributed by atoms with Crippen molar-refractivity contribution in [2.45, 2.75) is 37.8 Å². The lowest BCUT2D eigenvalue weighted by molar-refractivity contribution is 0.0301. The van der Waals surface area contributed by atoms with E-state index in [1.54, 1.807) is 11.3 Å². The van der Waals surface area contributed by atoms with Gasteiger partial charge in [-0.3, -0.25) is 0 Å². The van der Waals surface area contributed by atoms with Crippen molar-refractivity contribution >= 4 is 23.1 Å². The molecule has 17 heavy (non-hydrogen) atoms. The van der Waals surface area contributed by atoms with E-state index in [0.29, 0.717) is 6.04 Å². The molecule has 1 aliphatic rings. The zero-order valence-electron chi connectivity index (χ0n) is 10.3. The lowest BCUT2D eigenvalue weighted by Gasteiger charge is -2.33. The number of hydrogen-bond acceptors (Lipinski definition) is 4. The second-order valence-corrected chi connectivity index (χ2v) is 6.96. The van der Waals surface area contributed by atoms with Crippen molar-refractivity contribution in [2.24, 2.45) is 0 Å². The molecule has 1 unspecified atom stereocenters. The molecule has 0 aromatic carbocycles. The van der Waals surface area contributed by atoms with E-state index in [2.05, 4.69) is 29.1 Å². The minimum atomic E-state index is -0.464. The van der Waals surface area contributed by atoms with Crippen LogP contribution in [0.4, 0.5) is 0 Å². The second kappa shape index (κ2) is 6.23. The quantitative estimate of drug-likeness (QED) is 0.863. The van der Waals surface area contributed by atoms with E-state index in [-0.39, 0.29) is 0 Å². The fraction of sp³-hybridized carbons (Fsp3) is 0.692. The topological polar surface area (TPSA) is 32.3 Å². The van der Waals surface area contributed by atoms with Gasteiger partial charge in [-0.05, 0) is 60.1 Å². The molecular weight excluding hydrogens is 250 g/mol. The van der Waals surface area contributed by atoms with Gasteiger partial charge in [-0.25, -0.2) is 0 Å². The van der Waals surface area contributed by atoms with Crippen LogP contribution in [0.25, 0.3) is 0 Å². The van der Waals surface area contributed by atoms with Crippen molar-refractivity contribution in [3.05, 3.63) is 22.4 Å². The largest absolute Gasteiger partial charge is 0.389 e. The summed E-state index contributed by atoms with van der Waals surface area (Å²) in [5.41, 5.74) is 0.926. The highest BCUT2D eigenvalue weighted by Gasteiger charge is 2.29. The average molecular weight is 271 g/mol. The Kier molecular flexibility index (Phi) is 4.91. The standard InChI is InChI=1S/C13H21NOS2/c1-11(8-12-2-5-17-9-12)14-10-13(15)3-6-16-7-4-13/h2,5,9,11,14-15H,3-4,6-8,10H2,1H3. The molecule has 0 aliphatic carbocycles. The van der Waals surface area contributed by atoms with E-state index in [1.807, 2.05) is 11.8 Å². The minimum absolute atomic E-state index is 0.434. The molecule has 0 saturated carbocycles. The lowest BCUT2D eigenvalue weighted by atomic mass is 9.96. The van der Waals surface area contributed by atoms with Gasteiger partial charge in [0, 0.05) is 12.6 Å². The fourth-order valence-corrected chi connectivity index (χ4v) is 4.06. The van der Waals surface area contributed by atoms with Crippen LogP contribution in [0, 0.1) is 0 Å². The Morgan fingerprint density at radius 3 is 2.88 bits per heavy atom. The van der Waals surface area contributed by atoms with Gasteiger partial charge in [0.2, 0.25) is 0 Å². The molecule has 1 aromatic heterocycles. The molecule has 1 aliphatic heterocycles. The van der Waals surface area contributed by atoms with Crippen LogP contribution in [0.3, 0.4) is 0 Å². The number of hydrogen-bond donors (Lipinski definition) is 2. The van der Waals surface area contributed by atoms with Crippen LogP contribution in [0.15, 0.2) is 16.8 Å². The Labute approximate surface area is 112 Å². The molecule has 1 aromatic rings. The fourth-order valence-electron chi connectivity index (χ4n) is 2.13. The summed E-state index contributed by atoms with van der Waals surface area (Å²) >= 11 is 3.70. The molecule has 2 N–H and O–H groups in total. The van der Waals surface area contributed by atoms with E-state index in [4.69, 9.17) is 0 Å². The Morgan fingerprint density at radius 1 is 1.47 bits per heavy atom. The van der Waals surface area contributed by atoms with Crippen LogP contribution in [0.5, 0.6) is 0 Å². The predicted molar refractivity (Wildman–Crippen MR) is 77.0 cm³/mol. The molecule has 96 valence electrons. The van der Waals surface area contributed by atoms with E-state index in [9.17, 15) is 5.11 Å². The van der Waals surface area contributed by atoms with Gasteiger partial charge in [0.15, 0.2) is 0 Å². The smallest absolute Gasteiger partial charge is 0.0787 e. The zero-order chi connectivity index (χ0) is 12.1. The maximum absolute atomic E-state index is 10.4. The number of aliphatic hydroxyl groups is 1. The second-order valence-electron chi connectivity index (χ2n) is 4.95. The zero-order valence-corrected chi connectivity index (χ0v) is 11.9. The molecule has 4 heteroatoms. The van der Waals surface area contributed by atoms with Crippen LogP contribution >= 0.6 is 23.1 Å². The van der Waals surface area contributed by atoms with Crippen molar-refractivity contribution < 1.29 is 5.11 Å². The summed E-state index contributed by atoms with van der Waals surface area (Å²) < 4.78 is 0. The van der Waals surface area contributed by atoms with E-state index >= 15 is 0 Å². The summed E-state index contributed by atoms with van der Waals surface area (Å²) in [5.74, 6) is 2.19. The third kappa shape index (κ3) is 4.28. The van der Waals surface area contributed by atoms with Crippen LogP contribution in [0.1, 0.15) is 25.3 Å². The van der Waals surface area contributed by atoms with Crippen molar-refractivity contribution in [2.75, 3.05) is 18.1 Å². The molecule has 0 radical (unpaired) electrons.